The second kappa shape index (κ2) is 8.35. The van der Waals surface area contributed by atoms with Crippen molar-refractivity contribution in [3.63, 3.8) is 0 Å². The monoisotopic (exact) mass is 399 g/mol. The molecule has 0 unspecified atom stereocenters. The molecule has 0 spiro atoms. The predicted octanol–water partition coefficient (Wildman–Crippen LogP) is 0.904. The third-order valence-corrected chi connectivity index (χ3v) is 8.57. The van der Waals surface area contributed by atoms with Crippen molar-refractivity contribution >= 4 is 15.9 Å². The first-order valence-electron chi connectivity index (χ1n) is 10.6. The van der Waals surface area contributed by atoms with E-state index in [-0.39, 0.29) is 17.7 Å². The maximum atomic E-state index is 13.1. The van der Waals surface area contributed by atoms with Crippen molar-refractivity contribution in [1.29, 1.82) is 0 Å². The Hall–Kier alpha value is -0.700. The van der Waals surface area contributed by atoms with Crippen LogP contribution in [0.3, 0.4) is 0 Å². The number of carbonyl (C=O) groups excluding carboxylic acids is 1. The quantitative estimate of drug-likeness (QED) is 0.664. The number of nitrogens with zero attached hydrogens (tertiary/aromatic N) is 3. The first-order chi connectivity index (χ1) is 13.0. The van der Waals surface area contributed by atoms with Crippen LogP contribution in [0.15, 0.2) is 0 Å². The summed E-state index contributed by atoms with van der Waals surface area (Å²) in [6.07, 6.45) is 6.99. The highest BCUT2D eigenvalue weighted by Crippen LogP contribution is 2.33. The summed E-state index contributed by atoms with van der Waals surface area (Å²) in [6, 6.07) is 0.246. The van der Waals surface area contributed by atoms with Crippen LogP contribution in [0.25, 0.3) is 0 Å². The largest absolute Gasteiger partial charge is 0.381 e. The van der Waals surface area contributed by atoms with E-state index >= 15 is 0 Å². The Morgan fingerprint density at radius 3 is 2.30 bits per heavy atom. The Labute approximate surface area is 163 Å². The molecule has 0 aromatic rings. The third-order valence-electron chi connectivity index (χ3n) is 6.66. The molecule has 1 aliphatic carbocycles. The van der Waals surface area contributed by atoms with Gasteiger partial charge in [-0.25, -0.2) is 8.42 Å². The standard InChI is InChI=1S/C19H33N3O4S/c23-19-18(2-1-8-22(19)17-5-13-26-14-6-17)20-9-11-21(12-10-20)27(24,25)15-7-16-3-4-16/h16-18H,1-15H2/t18-/m1/s1. The smallest absolute Gasteiger partial charge is 0.240 e. The molecule has 0 radical (unpaired) electrons. The van der Waals surface area contributed by atoms with E-state index in [4.69, 9.17) is 4.74 Å². The topological polar surface area (TPSA) is 70.2 Å². The van der Waals surface area contributed by atoms with Gasteiger partial charge in [0.2, 0.25) is 15.9 Å². The van der Waals surface area contributed by atoms with Gasteiger partial charge in [0.15, 0.2) is 0 Å². The zero-order chi connectivity index (χ0) is 18.9. The third kappa shape index (κ3) is 4.66. The van der Waals surface area contributed by atoms with E-state index in [0.717, 1.165) is 51.9 Å². The summed E-state index contributed by atoms with van der Waals surface area (Å²) in [7, 11) is -3.14. The van der Waals surface area contributed by atoms with E-state index in [2.05, 4.69) is 9.80 Å². The molecule has 0 aromatic carbocycles. The van der Waals surface area contributed by atoms with Gasteiger partial charge in [-0.1, -0.05) is 12.8 Å². The Morgan fingerprint density at radius 2 is 1.63 bits per heavy atom. The van der Waals surface area contributed by atoms with Crippen LogP contribution < -0.4 is 0 Å². The number of piperidine rings is 1. The van der Waals surface area contributed by atoms with Crippen LogP contribution in [0.5, 0.6) is 0 Å². The van der Waals surface area contributed by atoms with Gasteiger partial charge in [0.05, 0.1) is 11.8 Å². The second-order valence-corrected chi connectivity index (χ2v) is 10.6. The van der Waals surface area contributed by atoms with Gasteiger partial charge < -0.3 is 9.64 Å². The SMILES string of the molecule is O=C1[C@H](N2CCN(S(=O)(=O)CCC3CC3)CC2)CCCN1C1CCOCC1. The summed E-state index contributed by atoms with van der Waals surface area (Å²) in [4.78, 5) is 17.4. The van der Waals surface area contributed by atoms with Gasteiger partial charge in [-0.3, -0.25) is 9.69 Å². The van der Waals surface area contributed by atoms with Crippen LogP contribution >= 0.6 is 0 Å². The minimum absolute atomic E-state index is 0.0714. The molecule has 4 rings (SSSR count). The minimum atomic E-state index is -3.14. The summed E-state index contributed by atoms with van der Waals surface area (Å²) in [6.45, 7) is 4.73. The van der Waals surface area contributed by atoms with Crippen molar-refractivity contribution in [3.8, 4) is 0 Å². The number of carbonyl (C=O) groups is 1. The van der Waals surface area contributed by atoms with Gasteiger partial charge in [-0.05, 0) is 38.0 Å². The van der Waals surface area contributed by atoms with Gasteiger partial charge in [0, 0.05) is 52.0 Å². The molecular weight excluding hydrogens is 366 g/mol. The number of ether oxygens (including phenoxy) is 1. The lowest BCUT2D eigenvalue weighted by atomic mass is 9.97. The molecule has 3 heterocycles. The average Bonchev–Trinajstić information content (AvgIpc) is 3.52. The highest BCUT2D eigenvalue weighted by molar-refractivity contribution is 7.89. The fourth-order valence-corrected chi connectivity index (χ4v) is 6.33. The molecule has 3 saturated heterocycles. The molecule has 1 saturated carbocycles. The summed E-state index contributed by atoms with van der Waals surface area (Å²) in [5.74, 6) is 1.17. The Bertz CT molecular complexity index is 623. The number of amides is 1. The number of rotatable bonds is 6. The fraction of sp³-hybridized carbons (Fsp3) is 0.947. The molecule has 3 aliphatic heterocycles. The summed E-state index contributed by atoms with van der Waals surface area (Å²) in [5, 5.41) is 0. The van der Waals surface area contributed by atoms with Crippen LogP contribution in [-0.2, 0) is 19.6 Å². The Morgan fingerprint density at radius 1 is 0.926 bits per heavy atom. The lowest BCUT2D eigenvalue weighted by molar-refractivity contribution is -0.145. The van der Waals surface area contributed by atoms with E-state index in [1.165, 1.54) is 12.8 Å². The molecule has 1 amide bonds. The lowest BCUT2D eigenvalue weighted by Crippen LogP contribution is -2.60. The van der Waals surface area contributed by atoms with Crippen LogP contribution in [0.1, 0.15) is 44.9 Å². The molecule has 4 fully saturated rings. The molecular formula is C19H33N3O4S. The van der Waals surface area contributed by atoms with Crippen molar-refractivity contribution in [2.45, 2.75) is 57.0 Å². The molecule has 8 heteroatoms. The van der Waals surface area contributed by atoms with Crippen LogP contribution in [0.2, 0.25) is 0 Å². The predicted molar refractivity (Wildman–Crippen MR) is 103 cm³/mol. The fourth-order valence-electron chi connectivity index (χ4n) is 4.72. The highest BCUT2D eigenvalue weighted by atomic mass is 32.2. The minimum Gasteiger partial charge on any atom is -0.381 e. The van der Waals surface area contributed by atoms with Crippen molar-refractivity contribution in [3.05, 3.63) is 0 Å². The molecule has 0 N–H and O–H groups in total. The molecule has 27 heavy (non-hydrogen) atoms. The Kier molecular flexibility index (Phi) is 6.06. The maximum absolute atomic E-state index is 13.1. The van der Waals surface area contributed by atoms with E-state index in [1.807, 2.05) is 0 Å². The molecule has 4 aliphatic rings. The number of hydrogen-bond acceptors (Lipinski definition) is 5. The maximum Gasteiger partial charge on any atom is 0.240 e. The van der Waals surface area contributed by atoms with Gasteiger partial charge >= 0.3 is 0 Å². The lowest BCUT2D eigenvalue weighted by Gasteiger charge is -2.45. The van der Waals surface area contributed by atoms with E-state index in [0.29, 0.717) is 38.1 Å². The number of likely N-dealkylation sites (tertiary alicyclic amines) is 1. The normalized spacial score (nSPS) is 30.0. The van der Waals surface area contributed by atoms with Gasteiger partial charge in [-0.2, -0.15) is 4.31 Å². The first-order valence-corrected chi connectivity index (χ1v) is 12.3. The van der Waals surface area contributed by atoms with Crippen LogP contribution in [0.4, 0.5) is 0 Å². The summed E-state index contributed by atoms with van der Waals surface area (Å²) in [5.41, 5.74) is 0. The second-order valence-electron chi connectivity index (χ2n) is 8.52. The van der Waals surface area contributed by atoms with Crippen molar-refractivity contribution in [2.24, 2.45) is 5.92 Å². The highest BCUT2D eigenvalue weighted by Gasteiger charge is 2.39. The van der Waals surface area contributed by atoms with Crippen LogP contribution in [-0.4, -0.2) is 92.2 Å². The average molecular weight is 400 g/mol. The number of sulfonamides is 1. The van der Waals surface area contributed by atoms with Crippen molar-refractivity contribution < 1.29 is 17.9 Å². The molecule has 154 valence electrons. The van der Waals surface area contributed by atoms with Crippen LogP contribution in [0, 0.1) is 5.92 Å². The zero-order valence-corrected chi connectivity index (χ0v) is 17.0. The summed E-state index contributed by atoms with van der Waals surface area (Å²) >= 11 is 0. The molecule has 0 bridgehead atoms. The summed E-state index contributed by atoms with van der Waals surface area (Å²) < 4.78 is 32.2. The van der Waals surface area contributed by atoms with Gasteiger partial charge in [-0.15, -0.1) is 0 Å². The first kappa shape index (κ1) is 19.6. The Balaban J connectivity index is 1.31. The molecule has 0 aromatic heterocycles. The number of piperazine rings is 1. The molecule has 7 nitrogen and oxygen atoms in total. The van der Waals surface area contributed by atoms with E-state index < -0.39 is 10.0 Å². The van der Waals surface area contributed by atoms with Gasteiger partial charge in [0.1, 0.15) is 0 Å². The van der Waals surface area contributed by atoms with Crippen molar-refractivity contribution in [1.82, 2.24) is 14.1 Å². The zero-order valence-electron chi connectivity index (χ0n) is 16.2. The van der Waals surface area contributed by atoms with E-state index in [9.17, 15) is 13.2 Å². The molecule has 1 atom stereocenters. The number of hydrogen-bond donors (Lipinski definition) is 0. The van der Waals surface area contributed by atoms with Crippen molar-refractivity contribution in [2.75, 3.05) is 51.7 Å². The van der Waals surface area contributed by atoms with E-state index in [1.54, 1.807) is 4.31 Å². The van der Waals surface area contributed by atoms with Gasteiger partial charge in [0.25, 0.3) is 0 Å².